The Morgan fingerprint density at radius 1 is 1.24 bits per heavy atom. The van der Waals surface area contributed by atoms with Crippen LogP contribution in [0.5, 0.6) is 5.75 Å². The van der Waals surface area contributed by atoms with Gasteiger partial charge in [0.1, 0.15) is 11.9 Å². The van der Waals surface area contributed by atoms with Gasteiger partial charge in [-0.2, -0.15) is 0 Å². The molecular weight excluding hydrogens is 392 g/mol. The Morgan fingerprint density at radius 2 is 2.07 bits per heavy atom. The van der Waals surface area contributed by atoms with E-state index in [2.05, 4.69) is 0 Å². The van der Waals surface area contributed by atoms with E-state index >= 15 is 0 Å². The smallest absolute Gasteiger partial charge is 0.251 e. The molecule has 4 rings (SSSR count). The fourth-order valence-corrected chi connectivity index (χ4v) is 7.03. The number of likely N-dealkylation sites (tertiary alicyclic amines) is 1. The van der Waals surface area contributed by atoms with Crippen LogP contribution >= 0.6 is 0 Å². The Hall–Kier alpha value is -1.64. The van der Waals surface area contributed by atoms with Gasteiger partial charge in [-0.25, -0.2) is 12.7 Å². The van der Waals surface area contributed by atoms with E-state index in [0.717, 1.165) is 30.6 Å². The molecule has 0 aliphatic carbocycles. The van der Waals surface area contributed by atoms with Crippen LogP contribution in [-0.4, -0.2) is 74.8 Å². The molecule has 0 aromatic heterocycles. The number of hydrogen-bond donors (Lipinski definition) is 0. The summed E-state index contributed by atoms with van der Waals surface area (Å²) in [5.74, 6) is 0.912. The third kappa shape index (κ3) is 4.29. The number of benzene rings is 1. The van der Waals surface area contributed by atoms with E-state index in [1.165, 1.54) is 0 Å². The van der Waals surface area contributed by atoms with Gasteiger partial charge in [0.05, 0.1) is 12.4 Å². The lowest BCUT2D eigenvalue weighted by Gasteiger charge is -2.24. The molecule has 3 saturated heterocycles. The number of fused-ring (bicyclic) bond motifs is 1. The van der Waals surface area contributed by atoms with Crippen LogP contribution in [0.3, 0.4) is 0 Å². The number of methoxy groups -OCH3 is 1. The van der Waals surface area contributed by atoms with Crippen LogP contribution in [0.15, 0.2) is 24.3 Å². The molecular formula is C21H30N2O5S. The van der Waals surface area contributed by atoms with Gasteiger partial charge < -0.3 is 14.4 Å². The largest absolute Gasteiger partial charge is 0.497 e. The van der Waals surface area contributed by atoms with Crippen molar-refractivity contribution in [3.05, 3.63) is 29.8 Å². The first-order valence-corrected chi connectivity index (χ1v) is 12.0. The standard InChI is InChI=1S/C21H30N2O5S/c1-27-18-5-2-4-16(14-18)7-12-23-15-17-8-10-22(11-9-20(17)29(23,25)26)21(24)19-6-3-13-28-19/h2,4-5,14,17,19-20H,3,6-13,15H2,1H3/t17-,19?,20-/m0/s1. The lowest BCUT2D eigenvalue weighted by molar-refractivity contribution is -0.140. The average molecular weight is 423 g/mol. The van der Waals surface area contributed by atoms with Crippen LogP contribution in [0.1, 0.15) is 31.2 Å². The van der Waals surface area contributed by atoms with Gasteiger partial charge in [-0.3, -0.25) is 4.79 Å². The predicted molar refractivity (Wildman–Crippen MR) is 109 cm³/mol. The third-order valence-corrected chi connectivity index (χ3v) is 8.90. The average Bonchev–Trinajstić information content (AvgIpc) is 3.27. The second kappa shape index (κ2) is 8.62. The summed E-state index contributed by atoms with van der Waals surface area (Å²) in [5, 5.41) is -0.380. The molecule has 3 fully saturated rings. The molecule has 8 heteroatoms. The van der Waals surface area contributed by atoms with Crippen molar-refractivity contribution >= 4 is 15.9 Å². The second-order valence-electron chi connectivity index (χ2n) is 8.21. The normalized spacial score (nSPS) is 29.4. The van der Waals surface area contributed by atoms with Crippen molar-refractivity contribution in [3.63, 3.8) is 0 Å². The number of sulfonamides is 1. The van der Waals surface area contributed by atoms with Crippen LogP contribution < -0.4 is 4.74 Å². The third-order valence-electron chi connectivity index (χ3n) is 6.46. The van der Waals surface area contributed by atoms with Gasteiger partial charge in [-0.1, -0.05) is 12.1 Å². The fraction of sp³-hybridized carbons (Fsp3) is 0.667. The Bertz CT molecular complexity index is 837. The van der Waals surface area contributed by atoms with E-state index in [-0.39, 0.29) is 23.2 Å². The van der Waals surface area contributed by atoms with Crippen molar-refractivity contribution < 1.29 is 22.7 Å². The maximum atomic E-state index is 13.1. The maximum absolute atomic E-state index is 13.1. The Balaban J connectivity index is 1.37. The van der Waals surface area contributed by atoms with Crippen LogP contribution in [-0.2, 0) is 26.0 Å². The molecule has 3 heterocycles. The number of carbonyl (C=O) groups is 1. The quantitative estimate of drug-likeness (QED) is 0.722. The molecule has 3 aliphatic heterocycles. The van der Waals surface area contributed by atoms with Gasteiger partial charge in [-0.15, -0.1) is 0 Å². The summed E-state index contributed by atoms with van der Waals surface area (Å²) in [7, 11) is -1.70. The Morgan fingerprint density at radius 3 is 2.83 bits per heavy atom. The van der Waals surface area contributed by atoms with E-state index < -0.39 is 10.0 Å². The molecule has 0 bridgehead atoms. The minimum atomic E-state index is -3.33. The van der Waals surface area contributed by atoms with Gasteiger partial charge in [0, 0.05) is 32.8 Å². The van der Waals surface area contributed by atoms with Gasteiger partial charge in [0.2, 0.25) is 10.0 Å². The Labute approximate surface area is 173 Å². The second-order valence-corrected chi connectivity index (χ2v) is 10.4. The molecule has 1 aromatic carbocycles. The maximum Gasteiger partial charge on any atom is 0.251 e. The van der Waals surface area contributed by atoms with Crippen LogP contribution in [0.4, 0.5) is 0 Å². The topological polar surface area (TPSA) is 76.2 Å². The van der Waals surface area contributed by atoms with E-state index in [0.29, 0.717) is 45.6 Å². The molecule has 3 aliphatic rings. The zero-order valence-electron chi connectivity index (χ0n) is 17.0. The van der Waals surface area contributed by atoms with Crippen molar-refractivity contribution in [2.45, 2.75) is 43.5 Å². The number of carbonyl (C=O) groups excluding carboxylic acids is 1. The highest BCUT2D eigenvalue weighted by Crippen LogP contribution is 2.35. The summed E-state index contributed by atoms with van der Waals surface area (Å²) in [6, 6.07) is 7.77. The van der Waals surface area contributed by atoms with Gasteiger partial charge >= 0.3 is 0 Å². The first-order valence-electron chi connectivity index (χ1n) is 10.5. The van der Waals surface area contributed by atoms with Gasteiger partial charge in [0.15, 0.2) is 0 Å². The molecule has 3 atom stereocenters. The number of rotatable bonds is 5. The van der Waals surface area contributed by atoms with Gasteiger partial charge in [-0.05, 0) is 55.7 Å². The highest BCUT2D eigenvalue weighted by atomic mass is 32.2. The van der Waals surface area contributed by atoms with Crippen molar-refractivity contribution in [2.75, 3.05) is 39.9 Å². The zero-order valence-corrected chi connectivity index (χ0v) is 17.8. The summed E-state index contributed by atoms with van der Waals surface area (Å²) in [6.07, 6.45) is 3.28. The molecule has 0 radical (unpaired) electrons. The van der Waals surface area contributed by atoms with E-state index in [1.54, 1.807) is 11.4 Å². The monoisotopic (exact) mass is 422 g/mol. The molecule has 29 heavy (non-hydrogen) atoms. The van der Waals surface area contributed by atoms with Crippen LogP contribution in [0, 0.1) is 5.92 Å². The minimum Gasteiger partial charge on any atom is -0.497 e. The summed E-state index contributed by atoms with van der Waals surface area (Å²) < 4.78 is 38.7. The van der Waals surface area contributed by atoms with Crippen LogP contribution in [0.25, 0.3) is 0 Å². The summed E-state index contributed by atoms with van der Waals surface area (Å²) in [6.45, 7) is 2.81. The number of nitrogens with zero attached hydrogens (tertiary/aromatic N) is 2. The van der Waals surface area contributed by atoms with Crippen molar-refractivity contribution in [2.24, 2.45) is 5.92 Å². The summed E-state index contributed by atoms with van der Waals surface area (Å²) in [4.78, 5) is 14.5. The molecule has 0 saturated carbocycles. The van der Waals surface area contributed by atoms with Crippen LogP contribution in [0.2, 0.25) is 0 Å². The number of hydrogen-bond acceptors (Lipinski definition) is 5. The SMILES string of the molecule is COc1cccc(CCN2C[C@@H]3CCN(C(=O)C4CCCO4)CC[C@@H]3S2(=O)=O)c1. The fourth-order valence-electron chi connectivity index (χ4n) is 4.79. The first-order chi connectivity index (χ1) is 14.0. The van der Waals surface area contributed by atoms with E-state index in [1.807, 2.05) is 29.2 Å². The van der Waals surface area contributed by atoms with Crippen molar-refractivity contribution in [1.29, 1.82) is 0 Å². The minimum absolute atomic E-state index is 0.0368. The highest BCUT2D eigenvalue weighted by Gasteiger charge is 2.47. The summed E-state index contributed by atoms with van der Waals surface area (Å²) in [5.41, 5.74) is 1.07. The molecule has 0 spiro atoms. The lowest BCUT2D eigenvalue weighted by atomic mass is 10.0. The van der Waals surface area contributed by atoms with Crippen molar-refractivity contribution in [1.82, 2.24) is 9.21 Å². The summed E-state index contributed by atoms with van der Waals surface area (Å²) >= 11 is 0. The molecule has 0 N–H and O–H groups in total. The lowest BCUT2D eigenvalue weighted by Crippen LogP contribution is -2.40. The molecule has 1 aromatic rings. The van der Waals surface area contributed by atoms with E-state index in [9.17, 15) is 13.2 Å². The predicted octanol–water partition coefficient (Wildman–Crippen LogP) is 1.67. The highest BCUT2D eigenvalue weighted by molar-refractivity contribution is 7.90. The Kier molecular flexibility index (Phi) is 6.13. The zero-order chi connectivity index (χ0) is 20.4. The van der Waals surface area contributed by atoms with Crippen molar-refractivity contribution in [3.8, 4) is 5.75 Å². The van der Waals surface area contributed by atoms with E-state index in [4.69, 9.17) is 9.47 Å². The number of ether oxygens (including phenoxy) is 2. The first kappa shape index (κ1) is 20.6. The van der Waals surface area contributed by atoms with Gasteiger partial charge in [0.25, 0.3) is 5.91 Å². The molecule has 1 amide bonds. The number of amides is 1. The molecule has 160 valence electrons. The molecule has 7 nitrogen and oxygen atoms in total. The molecule has 1 unspecified atom stereocenters.